The summed E-state index contributed by atoms with van der Waals surface area (Å²) in [4.78, 5) is 26.3. The molecule has 0 saturated carbocycles. The number of benzene rings is 2. The highest BCUT2D eigenvalue weighted by Crippen LogP contribution is 2.39. The van der Waals surface area contributed by atoms with Gasteiger partial charge in [-0.1, -0.05) is 45.0 Å². The Hall–Kier alpha value is -3.08. The van der Waals surface area contributed by atoms with Gasteiger partial charge in [-0.25, -0.2) is 0 Å². The Kier molecular flexibility index (Phi) is 3.44. The van der Waals surface area contributed by atoms with Crippen LogP contribution >= 0.6 is 0 Å². The Balaban J connectivity index is 1.81. The summed E-state index contributed by atoms with van der Waals surface area (Å²) in [5, 5.41) is 2.01. The van der Waals surface area contributed by atoms with E-state index in [1.807, 2.05) is 57.2 Å². The lowest BCUT2D eigenvalue weighted by Gasteiger charge is -2.21. The largest absolute Gasteiger partial charge is 0.455 e. The molecule has 5 heteroatoms. The van der Waals surface area contributed by atoms with E-state index in [0.29, 0.717) is 17.9 Å². The monoisotopic (exact) mass is 348 g/mol. The number of primary amides is 1. The number of amides is 2. The number of nitrogens with two attached hydrogens (primary N) is 1. The molecule has 2 aromatic carbocycles. The van der Waals surface area contributed by atoms with Crippen molar-refractivity contribution in [3.63, 3.8) is 0 Å². The zero-order valence-electron chi connectivity index (χ0n) is 15.0. The van der Waals surface area contributed by atoms with Gasteiger partial charge in [0.1, 0.15) is 5.76 Å². The Morgan fingerprint density at radius 3 is 2.50 bits per heavy atom. The lowest BCUT2D eigenvalue weighted by atomic mass is 9.90. The maximum atomic E-state index is 13.0. The second kappa shape index (κ2) is 5.46. The Labute approximate surface area is 151 Å². The van der Waals surface area contributed by atoms with Crippen LogP contribution in [-0.2, 0) is 12.0 Å². The summed E-state index contributed by atoms with van der Waals surface area (Å²) < 4.78 is 5.72. The summed E-state index contributed by atoms with van der Waals surface area (Å²) in [6.07, 6.45) is 0. The first-order valence-corrected chi connectivity index (χ1v) is 8.54. The first-order valence-electron chi connectivity index (χ1n) is 8.54. The molecular formula is C21H20N2O3. The molecule has 2 N–H and O–H groups in total. The molecule has 3 aromatic rings. The lowest BCUT2D eigenvalue weighted by molar-refractivity contribution is 0.0967. The van der Waals surface area contributed by atoms with Crippen LogP contribution in [0.5, 0.6) is 0 Å². The van der Waals surface area contributed by atoms with Crippen LogP contribution in [0.25, 0.3) is 10.8 Å². The van der Waals surface area contributed by atoms with Crippen LogP contribution in [0.3, 0.4) is 0 Å². The van der Waals surface area contributed by atoms with Gasteiger partial charge in [0, 0.05) is 21.9 Å². The normalized spacial score (nSPS) is 13.7. The predicted molar refractivity (Wildman–Crippen MR) is 100 cm³/mol. The minimum atomic E-state index is -0.611. The molecule has 1 aromatic heterocycles. The molecule has 1 aliphatic rings. The van der Waals surface area contributed by atoms with E-state index in [-0.39, 0.29) is 17.1 Å². The maximum Gasteiger partial charge on any atom is 0.284 e. The molecule has 132 valence electrons. The van der Waals surface area contributed by atoms with Crippen LogP contribution in [0.4, 0.5) is 5.69 Å². The Morgan fingerprint density at radius 2 is 1.85 bits per heavy atom. The van der Waals surface area contributed by atoms with Gasteiger partial charge >= 0.3 is 0 Å². The van der Waals surface area contributed by atoms with Crippen molar-refractivity contribution in [2.45, 2.75) is 32.7 Å². The highest BCUT2D eigenvalue weighted by atomic mass is 16.4. The van der Waals surface area contributed by atoms with Gasteiger partial charge < -0.3 is 15.1 Å². The van der Waals surface area contributed by atoms with E-state index < -0.39 is 5.91 Å². The highest BCUT2D eigenvalue weighted by molar-refractivity contribution is 6.24. The van der Waals surface area contributed by atoms with Crippen LogP contribution in [0.15, 0.2) is 46.9 Å². The van der Waals surface area contributed by atoms with Crippen LogP contribution in [0.1, 0.15) is 53.0 Å². The topological polar surface area (TPSA) is 76.5 Å². The lowest BCUT2D eigenvalue weighted by Crippen LogP contribution is -2.27. The van der Waals surface area contributed by atoms with Gasteiger partial charge in [0.25, 0.3) is 11.8 Å². The van der Waals surface area contributed by atoms with Crippen molar-refractivity contribution in [3.05, 3.63) is 65.1 Å². The first kappa shape index (κ1) is 16.4. The van der Waals surface area contributed by atoms with E-state index in [4.69, 9.17) is 10.2 Å². The molecule has 0 atom stereocenters. The summed E-state index contributed by atoms with van der Waals surface area (Å²) in [7, 11) is 0. The summed E-state index contributed by atoms with van der Waals surface area (Å²) in [5.74, 6) is 0.132. The Bertz CT molecular complexity index is 1050. The molecule has 0 saturated heterocycles. The number of carbonyl (C=O) groups excluding carboxylic acids is 2. The zero-order chi connectivity index (χ0) is 18.6. The molecular weight excluding hydrogens is 328 g/mol. The van der Waals surface area contributed by atoms with Gasteiger partial charge in [0.15, 0.2) is 5.76 Å². The van der Waals surface area contributed by atoms with Crippen molar-refractivity contribution in [1.29, 1.82) is 0 Å². The van der Waals surface area contributed by atoms with Crippen molar-refractivity contribution in [2.24, 2.45) is 5.73 Å². The maximum absolute atomic E-state index is 13.0. The number of rotatable bonds is 3. The Morgan fingerprint density at radius 1 is 1.15 bits per heavy atom. The van der Waals surface area contributed by atoms with Crippen molar-refractivity contribution >= 4 is 28.3 Å². The fraction of sp³-hybridized carbons (Fsp3) is 0.238. The summed E-state index contributed by atoms with van der Waals surface area (Å²) in [6.45, 7) is 6.33. The van der Waals surface area contributed by atoms with Crippen molar-refractivity contribution < 1.29 is 14.0 Å². The average molecular weight is 348 g/mol. The number of hydrogen-bond donors (Lipinski definition) is 1. The van der Waals surface area contributed by atoms with Crippen molar-refractivity contribution in [2.75, 3.05) is 4.90 Å². The van der Waals surface area contributed by atoms with Crippen LogP contribution < -0.4 is 10.6 Å². The molecule has 0 radical (unpaired) electrons. The van der Waals surface area contributed by atoms with Gasteiger partial charge in [0.2, 0.25) is 0 Å². The SMILES string of the molecule is CC(C)(C)c1oc(C(N)=O)cc1CN1C(=O)c2cccc3cccc1c23. The minimum absolute atomic E-state index is 0.0431. The number of furan rings is 1. The summed E-state index contributed by atoms with van der Waals surface area (Å²) >= 11 is 0. The van der Waals surface area contributed by atoms with Gasteiger partial charge in [-0.15, -0.1) is 0 Å². The van der Waals surface area contributed by atoms with Crippen molar-refractivity contribution in [3.8, 4) is 0 Å². The van der Waals surface area contributed by atoms with Crippen LogP contribution in [0, 0.1) is 0 Å². The van der Waals surface area contributed by atoms with Gasteiger partial charge in [0.05, 0.1) is 12.2 Å². The van der Waals surface area contributed by atoms with Gasteiger partial charge in [-0.3, -0.25) is 9.59 Å². The molecule has 2 amide bonds. The number of carbonyl (C=O) groups is 2. The van der Waals surface area contributed by atoms with Gasteiger partial charge in [-0.2, -0.15) is 0 Å². The summed E-state index contributed by atoms with van der Waals surface area (Å²) in [6, 6.07) is 13.3. The van der Waals surface area contributed by atoms with E-state index in [2.05, 4.69) is 0 Å². The first-order chi connectivity index (χ1) is 12.3. The average Bonchev–Trinajstić information content (AvgIpc) is 3.12. The molecule has 4 rings (SSSR count). The van der Waals surface area contributed by atoms with E-state index in [1.54, 1.807) is 11.0 Å². The van der Waals surface area contributed by atoms with E-state index >= 15 is 0 Å². The molecule has 0 unspecified atom stereocenters. The molecule has 0 spiro atoms. The molecule has 2 heterocycles. The van der Waals surface area contributed by atoms with Crippen LogP contribution in [0.2, 0.25) is 0 Å². The van der Waals surface area contributed by atoms with E-state index in [0.717, 1.165) is 22.0 Å². The molecule has 0 bridgehead atoms. The quantitative estimate of drug-likeness (QED) is 0.777. The zero-order valence-corrected chi connectivity index (χ0v) is 15.0. The highest BCUT2D eigenvalue weighted by Gasteiger charge is 2.32. The molecule has 0 aliphatic carbocycles. The summed E-state index contributed by atoms with van der Waals surface area (Å²) in [5.41, 5.74) is 7.46. The second-order valence-electron chi connectivity index (χ2n) is 7.65. The van der Waals surface area contributed by atoms with Crippen molar-refractivity contribution in [1.82, 2.24) is 0 Å². The van der Waals surface area contributed by atoms with Crippen LogP contribution in [-0.4, -0.2) is 11.8 Å². The third-order valence-electron chi connectivity index (χ3n) is 4.71. The molecule has 1 aliphatic heterocycles. The number of hydrogen-bond acceptors (Lipinski definition) is 3. The number of nitrogens with zero attached hydrogens (tertiary/aromatic N) is 1. The van der Waals surface area contributed by atoms with E-state index in [1.165, 1.54) is 0 Å². The van der Waals surface area contributed by atoms with E-state index in [9.17, 15) is 9.59 Å². The standard InChI is InChI=1S/C21H20N2O3/c1-21(2,3)18-13(10-16(26-18)19(22)24)11-23-15-9-5-7-12-6-4-8-14(17(12)15)20(23)25/h4-10H,11H2,1-3H3,(H2,22,24). The molecule has 0 fully saturated rings. The smallest absolute Gasteiger partial charge is 0.284 e. The molecule has 26 heavy (non-hydrogen) atoms. The predicted octanol–water partition coefficient (Wildman–Crippen LogP) is 3.99. The van der Waals surface area contributed by atoms with Gasteiger partial charge in [-0.05, 0) is 23.6 Å². The second-order valence-corrected chi connectivity index (χ2v) is 7.65. The minimum Gasteiger partial charge on any atom is -0.455 e. The number of anilines is 1. The fourth-order valence-corrected chi connectivity index (χ4v) is 3.61. The molecule has 5 nitrogen and oxygen atoms in total. The fourth-order valence-electron chi connectivity index (χ4n) is 3.61. The third kappa shape index (κ3) is 2.39. The third-order valence-corrected chi connectivity index (χ3v) is 4.71.